The van der Waals surface area contributed by atoms with Crippen LogP contribution < -0.4 is 10.1 Å². The molecule has 0 bridgehead atoms. The van der Waals surface area contributed by atoms with Crippen LogP contribution in [0, 0.1) is 5.92 Å². The lowest BCUT2D eigenvalue weighted by molar-refractivity contribution is -0.146. The molecule has 0 atom stereocenters. The molecule has 1 heterocycles. The molecule has 1 fully saturated rings. The number of hydrogen-bond acceptors (Lipinski definition) is 4. The van der Waals surface area contributed by atoms with Gasteiger partial charge in [0.05, 0.1) is 20.1 Å². The Morgan fingerprint density at radius 2 is 2.04 bits per heavy atom. The minimum atomic E-state index is -0.107. The molecule has 0 aliphatic carbocycles. The lowest BCUT2D eigenvalue weighted by Crippen LogP contribution is -2.46. The van der Waals surface area contributed by atoms with E-state index in [0.29, 0.717) is 6.54 Å². The highest BCUT2D eigenvalue weighted by molar-refractivity contribution is 14.0. The van der Waals surface area contributed by atoms with Gasteiger partial charge in [-0.1, -0.05) is 12.1 Å². The second kappa shape index (κ2) is 10.4. The highest BCUT2D eigenvalue weighted by Gasteiger charge is 2.26. The van der Waals surface area contributed by atoms with E-state index in [9.17, 15) is 4.79 Å². The summed E-state index contributed by atoms with van der Waals surface area (Å²) in [5.74, 6) is 1.60. The maximum Gasteiger partial charge on any atom is 0.308 e. The van der Waals surface area contributed by atoms with E-state index in [1.54, 1.807) is 14.2 Å². The molecule has 1 saturated heterocycles. The zero-order valence-corrected chi connectivity index (χ0v) is 16.8. The molecule has 1 aliphatic rings. The lowest BCUT2D eigenvalue weighted by atomic mass is 9.97. The van der Waals surface area contributed by atoms with Gasteiger partial charge in [0.2, 0.25) is 0 Å². The second-order valence-corrected chi connectivity index (χ2v) is 5.54. The fourth-order valence-electron chi connectivity index (χ4n) is 2.79. The van der Waals surface area contributed by atoms with Gasteiger partial charge in [0.15, 0.2) is 5.96 Å². The van der Waals surface area contributed by atoms with Crippen LogP contribution in [0.25, 0.3) is 0 Å². The predicted molar refractivity (Wildman–Crippen MR) is 105 cm³/mol. The van der Waals surface area contributed by atoms with Crippen molar-refractivity contribution >= 4 is 35.9 Å². The van der Waals surface area contributed by atoms with Crippen LogP contribution in [0.4, 0.5) is 0 Å². The van der Waals surface area contributed by atoms with Crippen LogP contribution in [-0.4, -0.2) is 51.2 Å². The van der Waals surface area contributed by atoms with Gasteiger partial charge in [-0.2, -0.15) is 0 Å². The summed E-state index contributed by atoms with van der Waals surface area (Å²) in [6, 6.07) is 7.95. The average molecular weight is 447 g/mol. The van der Waals surface area contributed by atoms with Gasteiger partial charge >= 0.3 is 5.97 Å². The monoisotopic (exact) mass is 447 g/mol. The third-order valence-electron chi connectivity index (χ3n) is 4.13. The van der Waals surface area contributed by atoms with Crippen LogP contribution in [0.5, 0.6) is 5.75 Å². The summed E-state index contributed by atoms with van der Waals surface area (Å²) in [5, 5.41) is 3.37. The number of guanidine groups is 1. The number of likely N-dealkylation sites (tertiary alicyclic amines) is 1. The Morgan fingerprint density at radius 1 is 1.33 bits per heavy atom. The van der Waals surface area contributed by atoms with Crippen molar-refractivity contribution < 1.29 is 14.3 Å². The van der Waals surface area contributed by atoms with Crippen LogP contribution in [0.3, 0.4) is 0 Å². The summed E-state index contributed by atoms with van der Waals surface area (Å²) in [7, 11) is 4.89. The Balaban J connectivity index is 0.00000288. The van der Waals surface area contributed by atoms with Gasteiger partial charge in [0.25, 0.3) is 0 Å². The molecule has 1 aromatic rings. The normalized spacial score (nSPS) is 15.5. The van der Waals surface area contributed by atoms with Gasteiger partial charge in [-0.15, -0.1) is 24.0 Å². The number of hydrogen-bond donors (Lipinski definition) is 1. The van der Waals surface area contributed by atoms with Gasteiger partial charge in [-0.3, -0.25) is 9.79 Å². The maximum atomic E-state index is 11.6. The number of methoxy groups -OCH3 is 2. The molecule has 0 radical (unpaired) electrons. The number of esters is 1. The highest BCUT2D eigenvalue weighted by atomic mass is 127. The summed E-state index contributed by atoms with van der Waals surface area (Å²) < 4.78 is 10.1. The van der Waals surface area contributed by atoms with Gasteiger partial charge in [-0.05, 0) is 30.5 Å². The average Bonchev–Trinajstić information content (AvgIpc) is 2.62. The predicted octanol–water partition coefficient (Wildman–Crippen LogP) is 2.27. The molecule has 24 heavy (non-hydrogen) atoms. The SMILES string of the molecule is CN=C(NCc1cccc(OC)c1)N1CCC(C(=O)OC)CC1.I. The second-order valence-electron chi connectivity index (χ2n) is 5.54. The Kier molecular flexibility index (Phi) is 8.88. The molecule has 1 N–H and O–H groups in total. The number of nitrogens with zero attached hydrogens (tertiary/aromatic N) is 2. The molecule has 0 unspecified atom stereocenters. The number of ether oxygens (including phenoxy) is 2. The molecular formula is C17H26IN3O3. The van der Waals surface area contributed by atoms with Crippen LogP contribution in [-0.2, 0) is 16.1 Å². The van der Waals surface area contributed by atoms with Gasteiger partial charge in [-0.25, -0.2) is 0 Å². The first-order chi connectivity index (χ1) is 11.2. The topological polar surface area (TPSA) is 63.2 Å². The number of nitrogens with one attached hydrogen (secondary N) is 1. The molecule has 0 aromatic heterocycles. The molecule has 0 saturated carbocycles. The standard InChI is InChI=1S/C17H25N3O3.HI/c1-18-17(19-12-13-5-4-6-15(11-13)22-2)20-9-7-14(8-10-20)16(21)23-3;/h4-6,11,14H,7-10,12H2,1-3H3,(H,18,19);1H. The summed E-state index contributed by atoms with van der Waals surface area (Å²) in [6.07, 6.45) is 1.60. The molecule has 6 nitrogen and oxygen atoms in total. The zero-order chi connectivity index (χ0) is 16.7. The summed E-state index contributed by atoms with van der Waals surface area (Å²) in [6.45, 7) is 2.29. The fourth-order valence-corrected chi connectivity index (χ4v) is 2.79. The van der Waals surface area contributed by atoms with Crippen molar-refractivity contribution in [3.05, 3.63) is 29.8 Å². The van der Waals surface area contributed by atoms with Crippen LogP contribution >= 0.6 is 24.0 Å². The smallest absolute Gasteiger partial charge is 0.308 e. The number of rotatable bonds is 4. The third-order valence-corrected chi connectivity index (χ3v) is 4.13. The molecule has 7 heteroatoms. The third kappa shape index (κ3) is 5.54. The Labute approximate surface area is 160 Å². The van der Waals surface area contributed by atoms with E-state index in [2.05, 4.69) is 15.2 Å². The summed E-state index contributed by atoms with van der Waals surface area (Å²) in [5.41, 5.74) is 1.13. The first-order valence-electron chi connectivity index (χ1n) is 7.84. The van der Waals surface area contributed by atoms with E-state index in [-0.39, 0.29) is 35.9 Å². The molecule has 1 aromatic carbocycles. The van der Waals surface area contributed by atoms with E-state index in [1.807, 2.05) is 24.3 Å². The van der Waals surface area contributed by atoms with Crippen molar-refractivity contribution in [2.45, 2.75) is 19.4 Å². The quantitative estimate of drug-likeness (QED) is 0.332. The molecule has 134 valence electrons. The van der Waals surface area contributed by atoms with Gasteiger partial charge in [0, 0.05) is 26.7 Å². The van der Waals surface area contributed by atoms with Crippen molar-refractivity contribution in [1.82, 2.24) is 10.2 Å². The van der Waals surface area contributed by atoms with Crippen LogP contribution in [0.1, 0.15) is 18.4 Å². The van der Waals surface area contributed by atoms with Gasteiger partial charge < -0.3 is 19.7 Å². The van der Waals surface area contributed by atoms with Crippen LogP contribution in [0.2, 0.25) is 0 Å². The van der Waals surface area contributed by atoms with Crippen molar-refractivity contribution in [2.24, 2.45) is 10.9 Å². The number of benzene rings is 1. The number of halogens is 1. The molecular weight excluding hydrogens is 421 g/mol. The number of piperidine rings is 1. The number of carbonyl (C=O) groups excluding carboxylic acids is 1. The fraction of sp³-hybridized carbons (Fsp3) is 0.529. The Bertz CT molecular complexity index is 558. The number of aliphatic imine (C=N–C) groups is 1. The van der Waals surface area contributed by atoms with Gasteiger partial charge in [0.1, 0.15) is 5.75 Å². The molecule has 0 amide bonds. The lowest BCUT2D eigenvalue weighted by Gasteiger charge is -2.33. The summed E-state index contributed by atoms with van der Waals surface area (Å²) in [4.78, 5) is 18.1. The first kappa shape index (κ1) is 20.5. The van der Waals surface area contributed by atoms with E-state index in [1.165, 1.54) is 7.11 Å². The maximum absolute atomic E-state index is 11.6. The molecule has 0 spiro atoms. The first-order valence-corrected chi connectivity index (χ1v) is 7.84. The molecule has 1 aliphatic heterocycles. The van der Waals surface area contributed by atoms with Crippen LogP contribution in [0.15, 0.2) is 29.3 Å². The van der Waals surface area contributed by atoms with E-state index in [4.69, 9.17) is 9.47 Å². The highest BCUT2D eigenvalue weighted by Crippen LogP contribution is 2.18. The molecule has 2 rings (SSSR count). The summed E-state index contributed by atoms with van der Waals surface area (Å²) >= 11 is 0. The number of carbonyl (C=O) groups is 1. The van der Waals surface area contributed by atoms with Crippen molar-refractivity contribution in [2.75, 3.05) is 34.4 Å². The van der Waals surface area contributed by atoms with E-state index >= 15 is 0 Å². The van der Waals surface area contributed by atoms with E-state index in [0.717, 1.165) is 43.2 Å². The van der Waals surface area contributed by atoms with Crippen molar-refractivity contribution in [3.63, 3.8) is 0 Å². The van der Waals surface area contributed by atoms with Crippen molar-refractivity contribution in [3.8, 4) is 5.75 Å². The minimum Gasteiger partial charge on any atom is -0.497 e. The zero-order valence-electron chi connectivity index (χ0n) is 14.4. The minimum absolute atomic E-state index is 0. The van der Waals surface area contributed by atoms with Crippen molar-refractivity contribution in [1.29, 1.82) is 0 Å². The van der Waals surface area contributed by atoms with E-state index < -0.39 is 0 Å². The Morgan fingerprint density at radius 3 is 2.62 bits per heavy atom. The Hall–Kier alpha value is -1.51. The largest absolute Gasteiger partial charge is 0.497 e.